The standard InChI is InChI=1S/C14H18BrN5/c1-10-7-13(19-16)18-14(17-10)9-20(2)8-11-5-3-4-6-12(11)15/h3-7H,8-9,16H2,1-2H3,(H,17,18,19). The SMILES string of the molecule is Cc1cc(NN)nc(CN(C)Cc2ccccc2Br)n1. The van der Waals surface area contributed by atoms with Crippen LogP contribution in [0.4, 0.5) is 5.82 Å². The first-order valence-electron chi connectivity index (χ1n) is 6.31. The lowest BCUT2D eigenvalue weighted by Gasteiger charge is -2.17. The first-order chi connectivity index (χ1) is 9.58. The molecule has 2 aromatic rings. The maximum atomic E-state index is 5.40. The van der Waals surface area contributed by atoms with Crippen molar-refractivity contribution in [3.8, 4) is 0 Å². The van der Waals surface area contributed by atoms with Crippen LogP contribution in [0.1, 0.15) is 17.1 Å². The largest absolute Gasteiger partial charge is 0.308 e. The number of rotatable bonds is 5. The molecule has 106 valence electrons. The molecule has 0 saturated heterocycles. The molecule has 5 nitrogen and oxygen atoms in total. The van der Waals surface area contributed by atoms with Crippen LogP contribution in [0.25, 0.3) is 0 Å². The van der Waals surface area contributed by atoms with Gasteiger partial charge in [-0.25, -0.2) is 15.8 Å². The monoisotopic (exact) mass is 335 g/mol. The average Bonchev–Trinajstić information content (AvgIpc) is 2.40. The van der Waals surface area contributed by atoms with Gasteiger partial charge in [0.1, 0.15) is 11.6 Å². The van der Waals surface area contributed by atoms with Crippen molar-refractivity contribution in [3.05, 3.63) is 51.9 Å². The minimum atomic E-state index is 0.641. The highest BCUT2D eigenvalue weighted by molar-refractivity contribution is 9.10. The number of halogens is 1. The molecular weight excluding hydrogens is 318 g/mol. The molecule has 0 bridgehead atoms. The minimum absolute atomic E-state index is 0.641. The summed E-state index contributed by atoms with van der Waals surface area (Å²) in [6.45, 7) is 3.42. The van der Waals surface area contributed by atoms with Crippen molar-refractivity contribution in [3.63, 3.8) is 0 Å². The molecule has 0 unspecified atom stereocenters. The molecule has 0 fully saturated rings. The molecule has 1 aromatic carbocycles. The van der Waals surface area contributed by atoms with Crippen molar-refractivity contribution in [2.24, 2.45) is 5.84 Å². The van der Waals surface area contributed by atoms with E-state index < -0.39 is 0 Å². The highest BCUT2D eigenvalue weighted by Gasteiger charge is 2.08. The van der Waals surface area contributed by atoms with Gasteiger partial charge in [0.05, 0.1) is 6.54 Å². The van der Waals surface area contributed by atoms with Crippen LogP contribution in [0.3, 0.4) is 0 Å². The van der Waals surface area contributed by atoms with Crippen LogP contribution in [-0.4, -0.2) is 21.9 Å². The van der Waals surface area contributed by atoms with E-state index in [0.29, 0.717) is 12.4 Å². The zero-order valence-corrected chi connectivity index (χ0v) is 13.2. The Kier molecular flexibility index (Phi) is 5.05. The number of nitrogens with one attached hydrogen (secondary N) is 1. The van der Waals surface area contributed by atoms with E-state index in [1.807, 2.05) is 38.2 Å². The maximum absolute atomic E-state index is 5.40. The predicted octanol–water partition coefficient (Wildman–Crippen LogP) is 2.47. The van der Waals surface area contributed by atoms with E-state index >= 15 is 0 Å². The summed E-state index contributed by atoms with van der Waals surface area (Å²) in [5.74, 6) is 6.80. The molecule has 1 aromatic heterocycles. The second-order valence-corrected chi connectivity index (χ2v) is 5.57. The molecule has 0 radical (unpaired) electrons. The predicted molar refractivity (Wildman–Crippen MR) is 83.9 cm³/mol. The topological polar surface area (TPSA) is 67.1 Å². The lowest BCUT2D eigenvalue weighted by Crippen LogP contribution is -2.20. The van der Waals surface area contributed by atoms with Crippen LogP contribution in [0.15, 0.2) is 34.8 Å². The molecule has 6 heteroatoms. The number of hydrogen-bond acceptors (Lipinski definition) is 5. The molecule has 0 aliphatic rings. The van der Waals surface area contributed by atoms with Crippen molar-refractivity contribution < 1.29 is 0 Å². The smallest absolute Gasteiger partial charge is 0.145 e. The van der Waals surface area contributed by atoms with Gasteiger partial charge in [0.2, 0.25) is 0 Å². The van der Waals surface area contributed by atoms with Crippen LogP contribution >= 0.6 is 15.9 Å². The molecule has 0 spiro atoms. The number of nitrogen functional groups attached to an aromatic ring is 1. The number of nitrogens with zero attached hydrogens (tertiary/aromatic N) is 3. The molecule has 20 heavy (non-hydrogen) atoms. The summed E-state index contributed by atoms with van der Waals surface area (Å²) < 4.78 is 1.11. The van der Waals surface area contributed by atoms with Gasteiger partial charge in [-0.1, -0.05) is 34.1 Å². The lowest BCUT2D eigenvalue weighted by molar-refractivity contribution is 0.310. The number of nitrogens with two attached hydrogens (primary N) is 1. The number of benzene rings is 1. The number of aromatic nitrogens is 2. The van der Waals surface area contributed by atoms with Gasteiger partial charge in [0.25, 0.3) is 0 Å². The van der Waals surface area contributed by atoms with Crippen molar-refractivity contribution in [2.75, 3.05) is 12.5 Å². The van der Waals surface area contributed by atoms with E-state index in [0.717, 1.165) is 22.5 Å². The Morgan fingerprint density at radius 3 is 2.70 bits per heavy atom. The average molecular weight is 336 g/mol. The molecule has 1 heterocycles. The molecule has 2 rings (SSSR count). The molecule has 0 amide bonds. The Balaban J connectivity index is 2.06. The van der Waals surface area contributed by atoms with Crippen molar-refractivity contribution in [1.29, 1.82) is 0 Å². The number of hydrazine groups is 1. The molecule has 0 atom stereocenters. The van der Waals surface area contributed by atoms with Gasteiger partial charge in [0, 0.05) is 22.8 Å². The highest BCUT2D eigenvalue weighted by Crippen LogP contribution is 2.18. The molecule has 0 saturated carbocycles. The van der Waals surface area contributed by atoms with Crippen LogP contribution in [0, 0.1) is 6.92 Å². The van der Waals surface area contributed by atoms with Crippen LogP contribution in [0.5, 0.6) is 0 Å². The van der Waals surface area contributed by atoms with Gasteiger partial charge in [-0.15, -0.1) is 0 Å². The molecule has 0 aliphatic carbocycles. The van der Waals surface area contributed by atoms with E-state index in [9.17, 15) is 0 Å². The Bertz CT molecular complexity index is 588. The van der Waals surface area contributed by atoms with Crippen LogP contribution in [0.2, 0.25) is 0 Å². The van der Waals surface area contributed by atoms with Crippen LogP contribution < -0.4 is 11.3 Å². The Labute approximate surface area is 127 Å². The summed E-state index contributed by atoms with van der Waals surface area (Å²) in [6, 6.07) is 10.0. The summed E-state index contributed by atoms with van der Waals surface area (Å²) in [7, 11) is 2.04. The van der Waals surface area contributed by atoms with Crippen molar-refractivity contribution in [2.45, 2.75) is 20.0 Å². The Morgan fingerprint density at radius 1 is 1.25 bits per heavy atom. The summed E-state index contributed by atoms with van der Waals surface area (Å²) in [4.78, 5) is 10.9. The third-order valence-corrected chi connectivity index (χ3v) is 3.63. The molecular formula is C14H18BrN5. The van der Waals surface area contributed by atoms with E-state index in [1.54, 1.807) is 0 Å². The third kappa shape index (κ3) is 4.00. The summed E-state index contributed by atoms with van der Waals surface area (Å²) in [5.41, 5.74) is 4.70. The zero-order valence-electron chi connectivity index (χ0n) is 11.6. The van der Waals surface area contributed by atoms with Gasteiger partial charge in [0.15, 0.2) is 0 Å². The number of aryl methyl sites for hydroxylation is 1. The second-order valence-electron chi connectivity index (χ2n) is 4.72. The van der Waals surface area contributed by atoms with Gasteiger partial charge < -0.3 is 5.43 Å². The fraction of sp³-hybridized carbons (Fsp3) is 0.286. The highest BCUT2D eigenvalue weighted by atomic mass is 79.9. The second kappa shape index (κ2) is 6.78. The fourth-order valence-corrected chi connectivity index (χ4v) is 2.40. The summed E-state index contributed by atoms with van der Waals surface area (Å²) in [5, 5.41) is 0. The fourth-order valence-electron chi connectivity index (χ4n) is 1.99. The summed E-state index contributed by atoms with van der Waals surface area (Å²) in [6.07, 6.45) is 0. The number of anilines is 1. The Morgan fingerprint density at radius 2 is 2.00 bits per heavy atom. The zero-order chi connectivity index (χ0) is 14.5. The molecule has 3 N–H and O–H groups in total. The first kappa shape index (κ1) is 14.9. The van der Waals surface area contributed by atoms with Crippen LogP contribution in [-0.2, 0) is 13.1 Å². The van der Waals surface area contributed by atoms with Gasteiger partial charge in [-0.3, -0.25) is 4.90 Å². The van der Waals surface area contributed by atoms with Crippen molar-refractivity contribution >= 4 is 21.7 Å². The Hall–Kier alpha value is -1.50. The lowest BCUT2D eigenvalue weighted by atomic mass is 10.2. The summed E-state index contributed by atoms with van der Waals surface area (Å²) >= 11 is 3.56. The van der Waals surface area contributed by atoms with Crippen molar-refractivity contribution in [1.82, 2.24) is 14.9 Å². The third-order valence-electron chi connectivity index (χ3n) is 2.86. The molecule has 0 aliphatic heterocycles. The quantitative estimate of drug-likeness (QED) is 0.649. The van der Waals surface area contributed by atoms with Gasteiger partial charge >= 0.3 is 0 Å². The van der Waals surface area contributed by atoms with Gasteiger partial charge in [-0.05, 0) is 25.6 Å². The normalized spacial score (nSPS) is 10.8. The van der Waals surface area contributed by atoms with E-state index in [1.165, 1.54) is 5.56 Å². The van der Waals surface area contributed by atoms with E-state index in [-0.39, 0.29) is 0 Å². The first-order valence-corrected chi connectivity index (χ1v) is 7.11. The minimum Gasteiger partial charge on any atom is -0.308 e. The van der Waals surface area contributed by atoms with Gasteiger partial charge in [-0.2, -0.15) is 0 Å². The van der Waals surface area contributed by atoms with E-state index in [2.05, 4.69) is 42.3 Å². The maximum Gasteiger partial charge on any atom is 0.145 e. The number of hydrogen-bond donors (Lipinski definition) is 2. The van der Waals surface area contributed by atoms with E-state index in [4.69, 9.17) is 5.84 Å².